The molecule has 1 aliphatic rings. The summed E-state index contributed by atoms with van der Waals surface area (Å²) in [7, 11) is 0. The second-order valence-electron chi connectivity index (χ2n) is 4.88. The van der Waals surface area contributed by atoms with Crippen LogP contribution in [0.2, 0.25) is 0 Å². The molecule has 92 valence electrons. The molecule has 0 spiro atoms. The lowest BCUT2D eigenvalue weighted by molar-refractivity contribution is 0.821. The molecule has 0 N–H and O–H groups in total. The van der Waals surface area contributed by atoms with Gasteiger partial charge < -0.3 is 4.90 Å². The van der Waals surface area contributed by atoms with E-state index < -0.39 is 0 Å². The Kier molecular flexibility index (Phi) is 2.83. The molecule has 0 saturated heterocycles. The van der Waals surface area contributed by atoms with E-state index in [4.69, 9.17) is 0 Å². The second-order valence-corrected chi connectivity index (χ2v) is 4.88. The van der Waals surface area contributed by atoms with Crippen molar-refractivity contribution in [2.24, 2.45) is 0 Å². The van der Waals surface area contributed by atoms with Gasteiger partial charge in [0.15, 0.2) is 0 Å². The zero-order valence-electron chi connectivity index (χ0n) is 11.1. The first-order valence-corrected chi connectivity index (χ1v) is 6.79. The third-order valence-electron chi connectivity index (χ3n) is 3.86. The Morgan fingerprint density at radius 3 is 2.61 bits per heavy atom. The van der Waals surface area contributed by atoms with Crippen molar-refractivity contribution in [3.05, 3.63) is 53.6 Å². The highest BCUT2D eigenvalue weighted by molar-refractivity contribution is 5.83. The highest BCUT2D eigenvalue weighted by Gasteiger charge is 2.20. The van der Waals surface area contributed by atoms with Gasteiger partial charge in [0, 0.05) is 24.3 Å². The molecular formula is C17H19N. The van der Waals surface area contributed by atoms with Gasteiger partial charge in [0.25, 0.3) is 0 Å². The zero-order chi connectivity index (χ0) is 12.5. The number of hydrogen-bond donors (Lipinski definition) is 0. The molecule has 18 heavy (non-hydrogen) atoms. The lowest BCUT2D eigenvalue weighted by Gasteiger charge is -2.32. The van der Waals surface area contributed by atoms with Crippen LogP contribution < -0.4 is 4.90 Å². The molecule has 0 bridgehead atoms. The Morgan fingerprint density at radius 1 is 1.00 bits per heavy atom. The quantitative estimate of drug-likeness (QED) is 0.754. The Labute approximate surface area is 109 Å². The summed E-state index contributed by atoms with van der Waals surface area (Å²) in [6, 6.07) is 15.7. The first-order chi connectivity index (χ1) is 8.83. The third-order valence-corrected chi connectivity index (χ3v) is 3.86. The molecule has 0 unspecified atom stereocenters. The number of fused-ring (bicyclic) bond motifs is 3. The highest BCUT2D eigenvalue weighted by atomic mass is 15.1. The first-order valence-electron chi connectivity index (χ1n) is 6.79. The summed E-state index contributed by atoms with van der Waals surface area (Å²) >= 11 is 0. The molecule has 0 aromatic heterocycles. The third kappa shape index (κ3) is 1.71. The van der Waals surface area contributed by atoms with Crippen molar-refractivity contribution in [2.75, 3.05) is 11.4 Å². The predicted octanol–water partition coefficient (Wildman–Crippen LogP) is 4.26. The minimum Gasteiger partial charge on any atom is -0.367 e. The fraction of sp³-hybridized carbons (Fsp3) is 0.294. The fourth-order valence-corrected chi connectivity index (χ4v) is 2.81. The van der Waals surface area contributed by atoms with Crippen molar-refractivity contribution < 1.29 is 0 Å². The molecule has 1 heterocycles. The van der Waals surface area contributed by atoms with Crippen LogP contribution in [0.5, 0.6) is 0 Å². The van der Waals surface area contributed by atoms with Crippen molar-refractivity contribution in [1.82, 2.24) is 0 Å². The average molecular weight is 237 g/mol. The van der Waals surface area contributed by atoms with Gasteiger partial charge in [0.1, 0.15) is 0 Å². The van der Waals surface area contributed by atoms with Gasteiger partial charge in [-0.05, 0) is 36.1 Å². The van der Waals surface area contributed by atoms with Gasteiger partial charge in [-0.3, -0.25) is 0 Å². The summed E-state index contributed by atoms with van der Waals surface area (Å²) in [4.78, 5) is 2.46. The molecular weight excluding hydrogens is 218 g/mol. The molecule has 2 aromatic carbocycles. The van der Waals surface area contributed by atoms with Crippen LogP contribution in [0.25, 0.3) is 11.1 Å². The van der Waals surface area contributed by atoms with Gasteiger partial charge in [-0.25, -0.2) is 0 Å². The van der Waals surface area contributed by atoms with Crippen molar-refractivity contribution >= 4 is 5.69 Å². The molecule has 0 aliphatic carbocycles. The maximum atomic E-state index is 2.46. The number of para-hydroxylation sites is 1. The van der Waals surface area contributed by atoms with E-state index in [-0.39, 0.29) is 0 Å². The molecule has 3 rings (SSSR count). The maximum Gasteiger partial charge on any atom is 0.0448 e. The SMILES string of the molecule is CCc1ccc2c(c1)CN(CC)c1ccccc1-2. The standard InChI is InChI=1S/C17H19N/c1-3-13-9-10-15-14(11-13)12-18(4-2)17-8-6-5-7-16(15)17/h5-11H,3-4,12H2,1-2H3. The smallest absolute Gasteiger partial charge is 0.0448 e. The molecule has 1 nitrogen and oxygen atoms in total. The van der Waals surface area contributed by atoms with Crippen LogP contribution >= 0.6 is 0 Å². The molecule has 1 aliphatic heterocycles. The highest BCUT2D eigenvalue weighted by Crippen LogP contribution is 2.38. The monoisotopic (exact) mass is 237 g/mol. The van der Waals surface area contributed by atoms with Crippen molar-refractivity contribution in [2.45, 2.75) is 26.8 Å². The Hall–Kier alpha value is -1.76. The van der Waals surface area contributed by atoms with Crippen LogP contribution in [-0.4, -0.2) is 6.54 Å². The molecule has 0 fully saturated rings. The van der Waals surface area contributed by atoms with Crippen LogP contribution in [0.3, 0.4) is 0 Å². The van der Waals surface area contributed by atoms with E-state index in [1.54, 1.807) is 0 Å². The fourth-order valence-electron chi connectivity index (χ4n) is 2.81. The first kappa shape index (κ1) is 11.3. The van der Waals surface area contributed by atoms with Crippen LogP contribution in [0.4, 0.5) is 5.69 Å². The minimum absolute atomic E-state index is 1.04. The van der Waals surface area contributed by atoms with Crippen molar-refractivity contribution in [3.8, 4) is 11.1 Å². The zero-order valence-corrected chi connectivity index (χ0v) is 11.1. The van der Waals surface area contributed by atoms with Crippen LogP contribution in [0.15, 0.2) is 42.5 Å². The number of hydrogen-bond acceptors (Lipinski definition) is 1. The largest absolute Gasteiger partial charge is 0.367 e. The van der Waals surface area contributed by atoms with Crippen molar-refractivity contribution in [1.29, 1.82) is 0 Å². The summed E-state index contributed by atoms with van der Waals surface area (Å²) in [6.07, 6.45) is 1.11. The van der Waals surface area contributed by atoms with E-state index in [9.17, 15) is 0 Å². The van der Waals surface area contributed by atoms with E-state index in [1.165, 1.54) is 27.9 Å². The number of aryl methyl sites for hydroxylation is 1. The number of anilines is 1. The Bertz CT molecular complexity index is 572. The van der Waals surface area contributed by atoms with Gasteiger partial charge in [0.2, 0.25) is 0 Å². The van der Waals surface area contributed by atoms with E-state index in [0.29, 0.717) is 0 Å². The van der Waals surface area contributed by atoms with Crippen LogP contribution in [0, 0.1) is 0 Å². The summed E-state index contributed by atoms with van der Waals surface area (Å²) < 4.78 is 0. The number of benzene rings is 2. The molecule has 0 atom stereocenters. The Balaban J connectivity index is 2.18. The second kappa shape index (κ2) is 4.49. The summed E-state index contributed by atoms with van der Waals surface area (Å²) in [5.74, 6) is 0. The van der Waals surface area contributed by atoms with E-state index in [2.05, 4.69) is 61.2 Å². The lowest BCUT2D eigenvalue weighted by atomic mass is 9.91. The predicted molar refractivity (Wildman–Crippen MR) is 78.0 cm³/mol. The van der Waals surface area contributed by atoms with Crippen LogP contribution in [-0.2, 0) is 13.0 Å². The minimum atomic E-state index is 1.04. The summed E-state index contributed by atoms with van der Waals surface area (Å²) in [5, 5.41) is 0. The molecule has 1 heteroatoms. The topological polar surface area (TPSA) is 3.24 Å². The average Bonchev–Trinajstić information content (AvgIpc) is 2.45. The van der Waals surface area contributed by atoms with E-state index in [0.717, 1.165) is 19.5 Å². The van der Waals surface area contributed by atoms with E-state index >= 15 is 0 Å². The van der Waals surface area contributed by atoms with Gasteiger partial charge in [-0.15, -0.1) is 0 Å². The van der Waals surface area contributed by atoms with Gasteiger partial charge >= 0.3 is 0 Å². The summed E-state index contributed by atoms with van der Waals surface area (Å²) in [6.45, 7) is 6.55. The normalized spacial score (nSPS) is 13.1. The van der Waals surface area contributed by atoms with Crippen molar-refractivity contribution in [3.63, 3.8) is 0 Å². The van der Waals surface area contributed by atoms with Gasteiger partial charge in [0.05, 0.1) is 0 Å². The maximum absolute atomic E-state index is 2.46. The molecule has 2 aromatic rings. The number of nitrogens with zero attached hydrogens (tertiary/aromatic N) is 1. The van der Waals surface area contributed by atoms with Crippen LogP contribution in [0.1, 0.15) is 25.0 Å². The molecule has 0 amide bonds. The Morgan fingerprint density at radius 2 is 1.83 bits per heavy atom. The lowest BCUT2D eigenvalue weighted by Crippen LogP contribution is -2.26. The number of rotatable bonds is 2. The molecule has 0 saturated carbocycles. The molecule has 0 radical (unpaired) electrons. The summed E-state index contributed by atoms with van der Waals surface area (Å²) in [5.41, 5.74) is 7.06. The van der Waals surface area contributed by atoms with Gasteiger partial charge in [-0.2, -0.15) is 0 Å². The van der Waals surface area contributed by atoms with Gasteiger partial charge in [-0.1, -0.05) is 43.3 Å². The van der Waals surface area contributed by atoms with E-state index in [1.807, 2.05) is 0 Å².